The maximum atomic E-state index is 13.0. The minimum Gasteiger partial charge on any atom is -0.365 e. The molecule has 25 heavy (non-hydrogen) atoms. The fraction of sp³-hybridized carbons (Fsp3) is 0.111. The molecule has 0 saturated carbocycles. The van der Waals surface area contributed by atoms with Crippen LogP contribution < -0.4 is 11.1 Å². The summed E-state index contributed by atoms with van der Waals surface area (Å²) in [6.45, 7) is 3.68. The number of carbonyl (C=O) groups is 2. The van der Waals surface area contributed by atoms with Crippen LogP contribution in [0.5, 0.6) is 0 Å². The van der Waals surface area contributed by atoms with E-state index in [1.807, 2.05) is 13.0 Å². The van der Waals surface area contributed by atoms with E-state index in [4.69, 9.17) is 5.73 Å². The van der Waals surface area contributed by atoms with Gasteiger partial charge in [-0.05, 0) is 49.2 Å². The van der Waals surface area contributed by atoms with Crippen molar-refractivity contribution in [2.75, 3.05) is 5.32 Å². The molecule has 3 aromatic rings. The standard InChI is InChI=1S/C18H15FN2O2S2/c1-9-10(2)24-18(15(9)16(20)22)21-17(23)14-8-7-13(25-14)11-3-5-12(19)6-4-11/h3-8H,1-2H3,(H2,20,22)(H,21,23). The summed E-state index contributed by atoms with van der Waals surface area (Å²) < 4.78 is 13.0. The van der Waals surface area contributed by atoms with E-state index in [9.17, 15) is 14.0 Å². The van der Waals surface area contributed by atoms with E-state index in [1.54, 1.807) is 25.1 Å². The van der Waals surface area contributed by atoms with Gasteiger partial charge in [-0.2, -0.15) is 0 Å². The van der Waals surface area contributed by atoms with Crippen LogP contribution in [-0.2, 0) is 0 Å². The van der Waals surface area contributed by atoms with Crippen molar-refractivity contribution in [2.45, 2.75) is 13.8 Å². The second kappa shape index (κ2) is 6.78. The fourth-order valence-electron chi connectivity index (χ4n) is 2.41. The van der Waals surface area contributed by atoms with E-state index < -0.39 is 5.91 Å². The number of nitrogens with two attached hydrogens (primary N) is 1. The summed E-state index contributed by atoms with van der Waals surface area (Å²) in [6, 6.07) is 9.61. The third-order valence-electron chi connectivity index (χ3n) is 3.82. The third kappa shape index (κ3) is 3.47. The Balaban J connectivity index is 1.85. The first-order valence-electron chi connectivity index (χ1n) is 7.43. The molecule has 0 radical (unpaired) electrons. The van der Waals surface area contributed by atoms with E-state index in [1.165, 1.54) is 34.8 Å². The molecule has 3 rings (SSSR count). The quantitative estimate of drug-likeness (QED) is 0.701. The number of nitrogens with one attached hydrogen (secondary N) is 1. The molecule has 128 valence electrons. The van der Waals surface area contributed by atoms with Gasteiger partial charge in [-0.1, -0.05) is 12.1 Å². The summed E-state index contributed by atoms with van der Waals surface area (Å²) in [5.74, 6) is -1.17. The van der Waals surface area contributed by atoms with Gasteiger partial charge in [-0.15, -0.1) is 22.7 Å². The summed E-state index contributed by atoms with van der Waals surface area (Å²) in [4.78, 5) is 26.4. The molecular weight excluding hydrogens is 359 g/mol. The molecule has 0 spiro atoms. The highest BCUT2D eigenvalue weighted by Crippen LogP contribution is 2.33. The first-order valence-corrected chi connectivity index (χ1v) is 9.07. The lowest BCUT2D eigenvalue weighted by atomic mass is 10.1. The van der Waals surface area contributed by atoms with Crippen molar-refractivity contribution in [3.8, 4) is 10.4 Å². The lowest BCUT2D eigenvalue weighted by Gasteiger charge is -2.03. The minimum atomic E-state index is -0.560. The van der Waals surface area contributed by atoms with E-state index in [0.717, 1.165) is 20.9 Å². The van der Waals surface area contributed by atoms with Gasteiger partial charge in [0.05, 0.1) is 10.4 Å². The monoisotopic (exact) mass is 374 g/mol. The number of carbonyl (C=O) groups excluding carboxylic acids is 2. The zero-order valence-electron chi connectivity index (χ0n) is 13.6. The highest BCUT2D eigenvalue weighted by Gasteiger charge is 2.20. The second-order valence-electron chi connectivity index (χ2n) is 5.48. The molecule has 4 nitrogen and oxygen atoms in total. The molecule has 1 aromatic carbocycles. The van der Waals surface area contributed by atoms with Gasteiger partial charge in [0.15, 0.2) is 0 Å². The molecule has 2 amide bonds. The number of primary amides is 1. The van der Waals surface area contributed by atoms with Crippen molar-refractivity contribution < 1.29 is 14.0 Å². The van der Waals surface area contributed by atoms with Gasteiger partial charge in [-0.3, -0.25) is 9.59 Å². The number of hydrogen-bond donors (Lipinski definition) is 2. The van der Waals surface area contributed by atoms with Crippen molar-refractivity contribution in [1.82, 2.24) is 0 Å². The van der Waals surface area contributed by atoms with Crippen LogP contribution >= 0.6 is 22.7 Å². The molecule has 3 N–H and O–H groups in total. The maximum Gasteiger partial charge on any atom is 0.266 e. The van der Waals surface area contributed by atoms with Gasteiger partial charge in [0, 0.05) is 9.75 Å². The Morgan fingerprint density at radius 2 is 1.72 bits per heavy atom. The Morgan fingerprint density at radius 1 is 1.04 bits per heavy atom. The number of anilines is 1. The average Bonchev–Trinajstić information content (AvgIpc) is 3.14. The van der Waals surface area contributed by atoms with Crippen molar-refractivity contribution >= 4 is 39.5 Å². The van der Waals surface area contributed by atoms with E-state index in [2.05, 4.69) is 5.32 Å². The second-order valence-corrected chi connectivity index (χ2v) is 7.79. The zero-order valence-corrected chi connectivity index (χ0v) is 15.2. The molecular formula is C18H15FN2O2S2. The van der Waals surface area contributed by atoms with E-state index in [0.29, 0.717) is 15.4 Å². The normalized spacial score (nSPS) is 10.7. The number of aryl methyl sites for hydroxylation is 1. The molecule has 7 heteroatoms. The number of hydrogen-bond acceptors (Lipinski definition) is 4. The Kier molecular flexibility index (Phi) is 4.69. The van der Waals surface area contributed by atoms with Gasteiger partial charge in [0.25, 0.3) is 11.8 Å². The van der Waals surface area contributed by atoms with Crippen molar-refractivity contribution in [3.63, 3.8) is 0 Å². The Morgan fingerprint density at radius 3 is 2.36 bits per heavy atom. The van der Waals surface area contributed by atoms with E-state index >= 15 is 0 Å². The molecule has 2 heterocycles. The largest absolute Gasteiger partial charge is 0.365 e. The Bertz CT molecular complexity index is 958. The molecule has 0 saturated heterocycles. The minimum absolute atomic E-state index is 0.304. The van der Waals surface area contributed by atoms with Gasteiger partial charge in [0.1, 0.15) is 10.8 Å². The van der Waals surface area contributed by atoms with Crippen molar-refractivity contribution in [1.29, 1.82) is 0 Å². The first-order chi connectivity index (χ1) is 11.9. The maximum absolute atomic E-state index is 13.0. The SMILES string of the molecule is Cc1sc(NC(=O)c2ccc(-c3ccc(F)cc3)s2)c(C(N)=O)c1C. The first kappa shape index (κ1) is 17.3. The number of halogens is 1. The van der Waals surface area contributed by atoms with Crippen LogP contribution in [0.3, 0.4) is 0 Å². The molecule has 2 aromatic heterocycles. The van der Waals surface area contributed by atoms with Crippen LogP contribution in [0.1, 0.15) is 30.5 Å². The number of benzene rings is 1. The van der Waals surface area contributed by atoms with Crippen LogP contribution in [0.4, 0.5) is 9.39 Å². The van der Waals surface area contributed by atoms with Crippen LogP contribution in [0.15, 0.2) is 36.4 Å². The van der Waals surface area contributed by atoms with Gasteiger partial charge in [0.2, 0.25) is 0 Å². The van der Waals surface area contributed by atoms with Crippen LogP contribution in [0, 0.1) is 19.7 Å². The van der Waals surface area contributed by atoms with Crippen molar-refractivity contribution in [2.24, 2.45) is 5.73 Å². The molecule has 0 aliphatic rings. The molecule has 0 fully saturated rings. The predicted octanol–water partition coefficient (Wildman–Crippen LogP) is 4.58. The summed E-state index contributed by atoms with van der Waals surface area (Å²) in [5.41, 5.74) is 7.40. The molecule has 0 aliphatic carbocycles. The highest BCUT2D eigenvalue weighted by atomic mass is 32.1. The Labute approximate surface area is 152 Å². The molecule has 0 aliphatic heterocycles. The number of rotatable bonds is 4. The number of thiophene rings is 2. The van der Waals surface area contributed by atoms with Crippen LogP contribution in [-0.4, -0.2) is 11.8 Å². The molecule has 0 unspecified atom stereocenters. The Hall–Kier alpha value is -2.51. The van der Waals surface area contributed by atoms with Gasteiger partial charge in [-0.25, -0.2) is 4.39 Å². The van der Waals surface area contributed by atoms with Crippen LogP contribution in [0.25, 0.3) is 10.4 Å². The fourth-order valence-corrected chi connectivity index (χ4v) is 4.37. The topological polar surface area (TPSA) is 72.2 Å². The summed E-state index contributed by atoms with van der Waals surface area (Å²) >= 11 is 2.63. The lowest BCUT2D eigenvalue weighted by Crippen LogP contribution is -2.16. The van der Waals surface area contributed by atoms with Crippen molar-refractivity contribution in [3.05, 3.63) is 63.1 Å². The molecule has 0 atom stereocenters. The van der Waals surface area contributed by atoms with E-state index in [-0.39, 0.29) is 11.7 Å². The average molecular weight is 374 g/mol. The van der Waals surface area contributed by atoms with Gasteiger partial charge < -0.3 is 11.1 Å². The van der Waals surface area contributed by atoms with Crippen LogP contribution in [0.2, 0.25) is 0 Å². The summed E-state index contributed by atoms with van der Waals surface area (Å²) in [7, 11) is 0. The lowest BCUT2D eigenvalue weighted by molar-refractivity contribution is 0.100. The zero-order chi connectivity index (χ0) is 18.1. The van der Waals surface area contributed by atoms with Gasteiger partial charge >= 0.3 is 0 Å². The molecule has 0 bridgehead atoms. The third-order valence-corrected chi connectivity index (χ3v) is 6.07. The predicted molar refractivity (Wildman–Crippen MR) is 100.0 cm³/mol. The smallest absolute Gasteiger partial charge is 0.266 e. The number of amides is 2. The highest BCUT2D eigenvalue weighted by molar-refractivity contribution is 7.18. The summed E-state index contributed by atoms with van der Waals surface area (Å²) in [6.07, 6.45) is 0. The summed E-state index contributed by atoms with van der Waals surface area (Å²) in [5, 5.41) is 3.24.